The molecule has 0 aliphatic rings. The molecule has 2 aromatic heterocycles. The maximum Gasteiger partial charge on any atom is 0.245 e. The molecule has 0 saturated heterocycles. The molecule has 0 aliphatic carbocycles. The minimum atomic E-state index is -1.11. The zero-order valence-corrected chi connectivity index (χ0v) is 30.5. The third-order valence-electron chi connectivity index (χ3n) is 8.58. The summed E-state index contributed by atoms with van der Waals surface area (Å²) in [6.45, 7) is 7.11. The van der Waals surface area contributed by atoms with Crippen molar-refractivity contribution in [3.05, 3.63) is 151 Å². The third kappa shape index (κ3) is 7.84. The molecule has 1 N–H and O–H groups in total. The van der Waals surface area contributed by atoms with Gasteiger partial charge in [0.05, 0.1) is 5.56 Å². The van der Waals surface area contributed by atoms with Crippen LogP contribution in [-0.2, 0) is 0 Å². The Morgan fingerprint density at radius 2 is 0.927 bits per heavy atom. The van der Waals surface area contributed by atoms with Gasteiger partial charge in [0.15, 0.2) is 16.9 Å². The first-order chi connectivity index (χ1) is 26.5. The molecule has 2 heterocycles. The lowest BCUT2D eigenvalue weighted by molar-refractivity contribution is -0.0815. The predicted molar refractivity (Wildman–Crippen MR) is 208 cm³/mol. The number of oxazole rings is 2. The van der Waals surface area contributed by atoms with Crippen LogP contribution in [-0.4, -0.2) is 32.4 Å². The van der Waals surface area contributed by atoms with Crippen LogP contribution in [0.3, 0.4) is 0 Å². The van der Waals surface area contributed by atoms with Gasteiger partial charge in [0, 0.05) is 50.5 Å². The number of nitrogens with zero attached hydrogens (tertiary/aromatic N) is 2. The molecule has 0 saturated carbocycles. The van der Waals surface area contributed by atoms with E-state index in [-0.39, 0.29) is 17.1 Å². The molecular weight excluding hydrogens is 697 g/mol. The van der Waals surface area contributed by atoms with Crippen molar-refractivity contribution < 1.29 is 37.7 Å². The largest absolute Gasteiger partial charge is 0.507 e. The molecular formula is C45H36N2O8. The van der Waals surface area contributed by atoms with Gasteiger partial charge in [-0.15, -0.1) is 0 Å². The Labute approximate surface area is 316 Å². The van der Waals surface area contributed by atoms with E-state index in [9.17, 15) is 9.90 Å². The number of carbonyl (C=O) groups is 1. The summed E-state index contributed by atoms with van der Waals surface area (Å²) in [7, 11) is 0. The van der Waals surface area contributed by atoms with Crippen molar-refractivity contribution in [3.8, 4) is 51.7 Å². The molecule has 0 amide bonds. The number of rotatable bonds is 12. The molecule has 6 aromatic carbocycles. The number of hydrogen-bond donors (Lipinski definition) is 1. The number of aromatic hydroxyl groups is 1. The number of hydrogen-bond acceptors (Lipinski definition) is 10. The first-order valence-corrected chi connectivity index (χ1v) is 17.6. The van der Waals surface area contributed by atoms with Gasteiger partial charge < -0.3 is 32.9 Å². The summed E-state index contributed by atoms with van der Waals surface area (Å²) in [5, 5.41) is 10.9. The van der Waals surface area contributed by atoms with Crippen molar-refractivity contribution in [3.63, 3.8) is 0 Å². The van der Waals surface area contributed by atoms with Gasteiger partial charge in [-0.1, -0.05) is 24.3 Å². The predicted octanol–water partition coefficient (Wildman–Crippen LogP) is 10.6. The van der Waals surface area contributed by atoms with Crippen LogP contribution in [0, 0.1) is 0 Å². The van der Waals surface area contributed by atoms with E-state index in [1.165, 1.54) is 12.1 Å². The zero-order chi connectivity index (χ0) is 38.2. The second-order valence-corrected chi connectivity index (χ2v) is 13.8. The summed E-state index contributed by atoms with van der Waals surface area (Å²) in [4.78, 5) is 22.5. The van der Waals surface area contributed by atoms with E-state index in [2.05, 4.69) is 9.97 Å². The van der Waals surface area contributed by atoms with Crippen molar-refractivity contribution in [2.45, 2.75) is 39.3 Å². The van der Waals surface area contributed by atoms with Crippen LogP contribution in [0.15, 0.2) is 148 Å². The average Bonchev–Trinajstić information content (AvgIpc) is 3.80. The van der Waals surface area contributed by atoms with Crippen LogP contribution >= 0.6 is 0 Å². The van der Waals surface area contributed by atoms with Gasteiger partial charge in [0.1, 0.15) is 39.8 Å². The standard InChI is InChI=1S/C45H36N2O8/c1-44(2,53-32-21-15-29(16-22-32)42-46-36-9-5-7-11-39(36)50-42)52-31-19-13-28(14-20-31)41(49)35-26-25-34(27-38(35)48)55-45(3,4)54-33-23-17-30(18-24-33)43-47-37-10-6-8-12-40(37)51-43/h5-27,48H,1-4H3. The Morgan fingerprint density at radius 3 is 1.36 bits per heavy atom. The van der Waals surface area contributed by atoms with Crippen LogP contribution in [0.4, 0.5) is 0 Å². The lowest BCUT2D eigenvalue weighted by atomic mass is 10.0. The van der Waals surface area contributed by atoms with E-state index >= 15 is 0 Å². The lowest BCUT2D eigenvalue weighted by Gasteiger charge is -2.27. The monoisotopic (exact) mass is 732 g/mol. The van der Waals surface area contributed by atoms with Gasteiger partial charge in [-0.25, -0.2) is 9.97 Å². The second-order valence-electron chi connectivity index (χ2n) is 13.8. The first kappa shape index (κ1) is 35.0. The first-order valence-electron chi connectivity index (χ1n) is 17.6. The number of ketones is 1. The van der Waals surface area contributed by atoms with Gasteiger partial charge >= 0.3 is 0 Å². The number of phenols is 1. The Balaban J connectivity index is 0.864. The molecule has 55 heavy (non-hydrogen) atoms. The fourth-order valence-electron chi connectivity index (χ4n) is 6.10. The van der Waals surface area contributed by atoms with Crippen LogP contribution in [0.1, 0.15) is 43.6 Å². The quantitative estimate of drug-likeness (QED) is 0.0958. The number of fused-ring (bicyclic) bond motifs is 2. The number of para-hydroxylation sites is 4. The number of phenolic OH excluding ortho intramolecular Hbond substituents is 1. The van der Waals surface area contributed by atoms with Crippen LogP contribution in [0.25, 0.3) is 45.1 Å². The minimum absolute atomic E-state index is 0.125. The molecule has 10 heteroatoms. The van der Waals surface area contributed by atoms with Crippen molar-refractivity contribution in [2.75, 3.05) is 0 Å². The van der Waals surface area contributed by atoms with E-state index in [0.29, 0.717) is 40.3 Å². The highest BCUT2D eigenvalue weighted by Gasteiger charge is 2.25. The second kappa shape index (κ2) is 14.1. The van der Waals surface area contributed by atoms with Crippen LogP contribution < -0.4 is 18.9 Å². The summed E-state index contributed by atoms with van der Waals surface area (Å²) in [6, 6.07) is 41.1. The highest BCUT2D eigenvalue weighted by Crippen LogP contribution is 2.32. The summed E-state index contributed by atoms with van der Waals surface area (Å²) in [6.07, 6.45) is 0. The summed E-state index contributed by atoms with van der Waals surface area (Å²) >= 11 is 0. The van der Waals surface area contributed by atoms with Crippen molar-refractivity contribution in [1.29, 1.82) is 0 Å². The molecule has 0 aliphatic heterocycles. The Bertz CT molecular complexity index is 2560. The lowest BCUT2D eigenvalue weighted by Crippen LogP contribution is -2.35. The third-order valence-corrected chi connectivity index (χ3v) is 8.58. The fourth-order valence-corrected chi connectivity index (χ4v) is 6.10. The highest BCUT2D eigenvalue weighted by atomic mass is 16.7. The topological polar surface area (TPSA) is 126 Å². The Morgan fingerprint density at radius 1 is 0.527 bits per heavy atom. The molecule has 0 fully saturated rings. The summed E-state index contributed by atoms with van der Waals surface area (Å²) < 4.78 is 36.1. The van der Waals surface area contributed by atoms with Crippen molar-refractivity contribution >= 4 is 28.0 Å². The van der Waals surface area contributed by atoms with E-state index in [0.717, 1.165) is 33.3 Å². The average molecular weight is 733 g/mol. The smallest absolute Gasteiger partial charge is 0.245 e. The van der Waals surface area contributed by atoms with E-state index in [4.69, 9.17) is 27.8 Å². The molecule has 0 spiro atoms. The van der Waals surface area contributed by atoms with Gasteiger partial charge in [0.25, 0.3) is 0 Å². The van der Waals surface area contributed by atoms with E-state index < -0.39 is 11.6 Å². The SMILES string of the molecule is CC(C)(Oc1ccc(C(=O)c2ccc(OC(C)(C)Oc3ccc(-c4nc5ccccc5o4)cc3)cc2O)cc1)Oc1ccc(-c2nc3ccccc3o2)cc1. The number of benzene rings is 6. The number of aromatic nitrogens is 2. The van der Waals surface area contributed by atoms with E-state index in [1.54, 1.807) is 70.2 Å². The molecule has 0 radical (unpaired) electrons. The van der Waals surface area contributed by atoms with Gasteiger partial charge in [-0.05, 0) is 109 Å². The molecule has 8 aromatic rings. The molecule has 10 nitrogen and oxygen atoms in total. The van der Waals surface area contributed by atoms with Crippen molar-refractivity contribution in [2.24, 2.45) is 0 Å². The van der Waals surface area contributed by atoms with Crippen LogP contribution in [0.2, 0.25) is 0 Å². The number of carbonyl (C=O) groups excluding carboxylic acids is 1. The zero-order valence-electron chi connectivity index (χ0n) is 30.5. The fraction of sp³-hybridized carbons (Fsp3) is 0.133. The van der Waals surface area contributed by atoms with Gasteiger partial charge in [-0.2, -0.15) is 0 Å². The Kier molecular flexibility index (Phi) is 8.94. The highest BCUT2D eigenvalue weighted by molar-refractivity contribution is 6.10. The van der Waals surface area contributed by atoms with Crippen LogP contribution in [0.5, 0.6) is 28.7 Å². The maximum atomic E-state index is 13.4. The van der Waals surface area contributed by atoms with Gasteiger partial charge in [-0.3, -0.25) is 4.79 Å². The summed E-state index contributed by atoms with van der Waals surface area (Å²) in [5.74, 6) is 0.307. The molecule has 0 unspecified atom stereocenters. The Hall–Kier alpha value is -7.07. The normalized spacial score (nSPS) is 11.8. The molecule has 8 rings (SSSR count). The van der Waals surface area contributed by atoms with E-state index in [1.807, 2.05) is 84.9 Å². The maximum absolute atomic E-state index is 13.4. The minimum Gasteiger partial charge on any atom is -0.507 e. The number of ether oxygens (including phenoxy) is 4. The van der Waals surface area contributed by atoms with Crippen molar-refractivity contribution in [1.82, 2.24) is 9.97 Å². The summed E-state index contributed by atoms with van der Waals surface area (Å²) in [5.41, 5.74) is 5.15. The molecule has 274 valence electrons. The molecule has 0 bridgehead atoms. The van der Waals surface area contributed by atoms with Gasteiger partial charge in [0.2, 0.25) is 23.4 Å². The molecule has 0 atom stereocenters.